The Morgan fingerprint density at radius 2 is 2.25 bits per heavy atom. The lowest BCUT2D eigenvalue weighted by molar-refractivity contribution is -0.389. The van der Waals surface area contributed by atoms with Crippen molar-refractivity contribution in [3.05, 3.63) is 34.0 Å². The highest BCUT2D eigenvalue weighted by atomic mass is 16.6. The first-order chi connectivity index (χ1) is 7.68. The molecule has 5 nitrogen and oxygen atoms in total. The van der Waals surface area contributed by atoms with E-state index in [4.69, 9.17) is 0 Å². The molecule has 0 amide bonds. The van der Waals surface area contributed by atoms with Gasteiger partial charge in [-0.3, -0.25) is 4.79 Å². The lowest BCUT2D eigenvalue weighted by Crippen LogP contribution is -2.17. The van der Waals surface area contributed by atoms with Crippen LogP contribution in [0.5, 0.6) is 0 Å². The number of rotatable bonds is 2. The normalized spacial score (nSPS) is 20.8. The Bertz CT molecular complexity index is 431. The number of Topliss-reactive ketones (excluding diaryl/α,β-unsaturated/α-hetero) is 1. The summed E-state index contributed by atoms with van der Waals surface area (Å²) in [4.78, 5) is 25.4. The quantitative estimate of drug-likeness (QED) is 0.565. The zero-order valence-electron chi connectivity index (χ0n) is 8.76. The molecule has 84 valence electrons. The summed E-state index contributed by atoms with van der Waals surface area (Å²) in [6, 6.07) is 3.11. The molecule has 2 rings (SSSR count). The molecule has 1 saturated carbocycles. The van der Waals surface area contributed by atoms with Gasteiger partial charge >= 0.3 is 5.82 Å². The summed E-state index contributed by atoms with van der Waals surface area (Å²) in [5.74, 6) is -0.168. The van der Waals surface area contributed by atoms with Crippen molar-refractivity contribution in [1.29, 1.82) is 0 Å². The third kappa shape index (κ3) is 2.08. The van der Waals surface area contributed by atoms with Crippen molar-refractivity contribution in [2.45, 2.75) is 31.6 Å². The van der Waals surface area contributed by atoms with Crippen LogP contribution < -0.4 is 0 Å². The van der Waals surface area contributed by atoms with Crippen molar-refractivity contribution in [1.82, 2.24) is 4.98 Å². The first-order valence-corrected chi connectivity index (χ1v) is 5.31. The molecule has 1 aromatic rings. The Balaban J connectivity index is 2.28. The van der Waals surface area contributed by atoms with Gasteiger partial charge < -0.3 is 10.1 Å². The molecular formula is C11H12N2O3. The van der Waals surface area contributed by atoms with Crippen LogP contribution in [0.2, 0.25) is 0 Å². The van der Waals surface area contributed by atoms with Crippen molar-refractivity contribution in [3.8, 4) is 0 Å². The van der Waals surface area contributed by atoms with Gasteiger partial charge in [-0.15, -0.1) is 0 Å². The Morgan fingerprint density at radius 1 is 1.44 bits per heavy atom. The molecule has 0 aromatic carbocycles. The van der Waals surface area contributed by atoms with E-state index in [-0.39, 0.29) is 17.5 Å². The Labute approximate surface area is 92.6 Å². The Kier molecular flexibility index (Phi) is 2.94. The standard InChI is InChI=1S/C11H12N2O3/c14-10-4-2-1-3-9(10)8-5-6-12-11(7-8)13(15)16/h5-7,9H,1-4H2. The number of hydrogen-bond acceptors (Lipinski definition) is 4. The SMILES string of the molecule is O=C1CCCCC1c1ccnc([N+](=O)[O-])c1. The maximum Gasteiger partial charge on any atom is 0.363 e. The van der Waals surface area contributed by atoms with Crippen LogP contribution in [0.15, 0.2) is 18.3 Å². The van der Waals surface area contributed by atoms with Gasteiger partial charge in [-0.1, -0.05) is 6.42 Å². The fourth-order valence-corrected chi connectivity index (χ4v) is 2.09. The highest BCUT2D eigenvalue weighted by molar-refractivity contribution is 5.86. The van der Waals surface area contributed by atoms with Gasteiger partial charge in [-0.05, 0) is 34.4 Å². The molecule has 0 aliphatic heterocycles. The molecule has 1 heterocycles. The van der Waals surface area contributed by atoms with Gasteiger partial charge in [0.15, 0.2) is 0 Å². The van der Waals surface area contributed by atoms with E-state index >= 15 is 0 Å². The van der Waals surface area contributed by atoms with Crippen molar-refractivity contribution >= 4 is 11.6 Å². The van der Waals surface area contributed by atoms with Gasteiger partial charge in [0.1, 0.15) is 12.0 Å². The smallest absolute Gasteiger partial charge is 0.358 e. The fraction of sp³-hybridized carbons (Fsp3) is 0.455. The topological polar surface area (TPSA) is 73.1 Å². The third-order valence-electron chi connectivity index (χ3n) is 2.91. The van der Waals surface area contributed by atoms with Crippen molar-refractivity contribution < 1.29 is 9.72 Å². The van der Waals surface area contributed by atoms with Gasteiger partial charge in [0.2, 0.25) is 0 Å². The average molecular weight is 220 g/mol. The summed E-state index contributed by atoms with van der Waals surface area (Å²) in [5.41, 5.74) is 0.728. The van der Waals surface area contributed by atoms with Crippen molar-refractivity contribution in [3.63, 3.8) is 0 Å². The van der Waals surface area contributed by atoms with Gasteiger partial charge in [0.05, 0.1) is 0 Å². The van der Waals surface area contributed by atoms with Crippen LogP contribution in [0.25, 0.3) is 0 Å². The fourth-order valence-electron chi connectivity index (χ4n) is 2.09. The second kappa shape index (κ2) is 4.38. The molecule has 0 spiro atoms. The lowest BCUT2D eigenvalue weighted by Gasteiger charge is -2.19. The molecule has 0 radical (unpaired) electrons. The second-order valence-corrected chi connectivity index (χ2v) is 3.97. The van der Waals surface area contributed by atoms with E-state index in [0.29, 0.717) is 6.42 Å². The minimum absolute atomic E-state index is 0.171. The van der Waals surface area contributed by atoms with Crippen LogP contribution in [0.4, 0.5) is 5.82 Å². The van der Waals surface area contributed by atoms with E-state index in [1.54, 1.807) is 6.07 Å². The molecule has 0 bridgehead atoms. The summed E-state index contributed by atoms with van der Waals surface area (Å²) < 4.78 is 0. The number of nitro groups is 1. The maximum absolute atomic E-state index is 11.7. The zero-order chi connectivity index (χ0) is 11.5. The summed E-state index contributed by atoms with van der Waals surface area (Å²) in [5, 5.41) is 10.6. The Morgan fingerprint density at radius 3 is 2.94 bits per heavy atom. The first kappa shape index (κ1) is 10.7. The number of carbonyl (C=O) groups is 1. The molecule has 16 heavy (non-hydrogen) atoms. The lowest BCUT2D eigenvalue weighted by atomic mass is 9.83. The highest BCUT2D eigenvalue weighted by Gasteiger charge is 2.25. The molecule has 5 heteroatoms. The van der Waals surface area contributed by atoms with Gasteiger partial charge in [0.25, 0.3) is 0 Å². The number of nitrogens with zero attached hydrogens (tertiary/aromatic N) is 2. The average Bonchev–Trinajstić information content (AvgIpc) is 2.30. The van der Waals surface area contributed by atoms with Crippen LogP contribution in [0, 0.1) is 10.1 Å². The van der Waals surface area contributed by atoms with Gasteiger partial charge in [0, 0.05) is 18.4 Å². The number of pyridine rings is 1. The maximum atomic E-state index is 11.7. The summed E-state index contributed by atoms with van der Waals surface area (Å²) in [6.07, 6.45) is 4.71. The molecule has 1 unspecified atom stereocenters. The van der Waals surface area contributed by atoms with Gasteiger partial charge in [-0.2, -0.15) is 0 Å². The van der Waals surface area contributed by atoms with E-state index in [1.165, 1.54) is 12.3 Å². The van der Waals surface area contributed by atoms with E-state index in [2.05, 4.69) is 4.98 Å². The minimum atomic E-state index is -0.531. The number of carbonyl (C=O) groups excluding carboxylic acids is 1. The molecule has 1 atom stereocenters. The molecule has 1 fully saturated rings. The summed E-state index contributed by atoms with van der Waals surface area (Å²) >= 11 is 0. The third-order valence-corrected chi connectivity index (χ3v) is 2.91. The summed E-state index contributed by atoms with van der Waals surface area (Å²) in [7, 11) is 0. The molecular weight excluding hydrogens is 208 g/mol. The molecule has 1 aliphatic rings. The largest absolute Gasteiger partial charge is 0.363 e. The van der Waals surface area contributed by atoms with Crippen LogP contribution in [0.3, 0.4) is 0 Å². The summed E-state index contributed by atoms with van der Waals surface area (Å²) in [6.45, 7) is 0. The number of aromatic nitrogens is 1. The monoisotopic (exact) mass is 220 g/mol. The first-order valence-electron chi connectivity index (χ1n) is 5.31. The van der Waals surface area contributed by atoms with E-state index in [1.807, 2.05) is 0 Å². The predicted octanol–water partition coefficient (Wildman–Crippen LogP) is 2.22. The van der Waals surface area contributed by atoms with Gasteiger partial charge in [-0.25, -0.2) is 0 Å². The number of ketones is 1. The second-order valence-electron chi connectivity index (χ2n) is 3.97. The highest BCUT2D eigenvalue weighted by Crippen LogP contribution is 2.30. The zero-order valence-corrected chi connectivity index (χ0v) is 8.76. The van der Waals surface area contributed by atoms with Crippen LogP contribution in [-0.4, -0.2) is 15.7 Å². The number of hydrogen-bond donors (Lipinski definition) is 0. The van der Waals surface area contributed by atoms with E-state index in [9.17, 15) is 14.9 Å². The van der Waals surface area contributed by atoms with Crippen LogP contribution >= 0.6 is 0 Å². The molecule has 1 aliphatic carbocycles. The van der Waals surface area contributed by atoms with E-state index < -0.39 is 4.92 Å². The predicted molar refractivity (Wildman–Crippen MR) is 57.1 cm³/mol. The van der Waals surface area contributed by atoms with Crippen molar-refractivity contribution in [2.75, 3.05) is 0 Å². The Hall–Kier alpha value is -1.78. The van der Waals surface area contributed by atoms with Crippen LogP contribution in [0.1, 0.15) is 37.2 Å². The van der Waals surface area contributed by atoms with Crippen molar-refractivity contribution in [2.24, 2.45) is 0 Å². The molecule has 0 saturated heterocycles. The van der Waals surface area contributed by atoms with Crippen LogP contribution in [-0.2, 0) is 4.79 Å². The van der Waals surface area contributed by atoms with E-state index in [0.717, 1.165) is 24.8 Å². The molecule has 0 N–H and O–H groups in total. The minimum Gasteiger partial charge on any atom is -0.358 e. The molecule has 1 aromatic heterocycles.